The second-order valence-corrected chi connectivity index (χ2v) is 10.6. The molecule has 3 heterocycles. The summed E-state index contributed by atoms with van der Waals surface area (Å²) in [5.74, 6) is 1.89. The number of hydrogen-bond donors (Lipinski definition) is 1. The van der Waals surface area contributed by atoms with Gasteiger partial charge < -0.3 is 24.3 Å². The van der Waals surface area contributed by atoms with Crippen LogP contribution in [0.3, 0.4) is 0 Å². The molecule has 9 nitrogen and oxygen atoms in total. The summed E-state index contributed by atoms with van der Waals surface area (Å²) in [6.45, 7) is 4.04. The molecule has 10 heteroatoms. The van der Waals surface area contributed by atoms with Crippen molar-refractivity contribution in [2.75, 3.05) is 12.0 Å². The number of aromatic nitrogens is 2. The highest BCUT2D eigenvalue weighted by Gasteiger charge is 2.42. The summed E-state index contributed by atoms with van der Waals surface area (Å²) < 4.78 is 13.7. The van der Waals surface area contributed by atoms with Gasteiger partial charge in [-0.15, -0.1) is 0 Å². The maximum atomic E-state index is 11.4. The topological polar surface area (TPSA) is 94.7 Å². The fourth-order valence-corrected chi connectivity index (χ4v) is 6.02. The van der Waals surface area contributed by atoms with Crippen molar-refractivity contribution in [1.29, 1.82) is 0 Å². The first-order valence-electron chi connectivity index (χ1n) is 13.7. The minimum Gasteiger partial charge on any atom is -0.494 e. The number of rotatable bonds is 8. The number of thiocarbonyl (C=S) groups is 1. The lowest BCUT2D eigenvalue weighted by molar-refractivity contribution is -0.384. The molecule has 2 atom stereocenters. The van der Waals surface area contributed by atoms with E-state index in [9.17, 15) is 10.1 Å². The van der Waals surface area contributed by atoms with Crippen LogP contribution in [0, 0.1) is 24.0 Å². The van der Waals surface area contributed by atoms with Crippen LogP contribution >= 0.6 is 12.2 Å². The number of aryl methyl sites for hydroxylation is 1. The number of nitrogens with one attached hydrogen (secondary N) is 1. The molecule has 0 amide bonds. The Balaban J connectivity index is 1.43. The molecular formula is C33H29N5O4S. The predicted molar refractivity (Wildman–Crippen MR) is 169 cm³/mol. The Hall–Kier alpha value is -5.22. The van der Waals surface area contributed by atoms with Gasteiger partial charge in [0.15, 0.2) is 5.11 Å². The number of anilines is 1. The average molecular weight is 592 g/mol. The Morgan fingerprint density at radius 1 is 0.930 bits per heavy atom. The SMILES string of the molecule is COc1cc([N+](=O)[O-])ccc1-n1c(C)cc([C@H]2[C@H](c3ccccn3)NC(=S)N2c2ccc(Oc3ccccc3)cc2)c1C. The Bertz CT molecular complexity index is 1790. The van der Waals surface area contributed by atoms with Gasteiger partial charge in [-0.05, 0) is 92.3 Å². The quantitative estimate of drug-likeness (QED) is 0.114. The Morgan fingerprint density at radius 3 is 2.33 bits per heavy atom. The number of nitro groups is 1. The summed E-state index contributed by atoms with van der Waals surface area (Å²) >= 11 is 5.93. The smallest absolute Gasteiger partial charge is 0.273 e. The highest BCUT2D eigenvalue weighted by atomic mass is 32.1. The van der Waals surface area contributed by atoms with Crippen LogP contribution in [-0.4, -0.2) is 26.7 Å². The van der Waals surface area contributed by atoms with Crippen molar-refractivity contribution in [2.24, 2.45) is 0 Å². The third-order valence-corrected chi connectivity index (χ3v) is 7.91. The van der Waals surface area contributed by atoms with E-state index in [1.165, 1.54) is 19.2 Å². The van der Waals surface area contributed by atoms with Gasteiger partial charge in [-0.25, -0.2) is 0 Å². The van der Waals surface area contributed by atoms with Gasteiger partial charge in [-0.3, -0.25) is 15.1 Å². The van der Waals surface area contributed by atoms with Crippen LogP contribution in [0.4, 0.5) is 11.4 Å². The lowest BCUT2D eigenvalue weighted by atomic mass is 9.96. The molecule has 1 saturated heterocycles. The number of methoxy groups -OCH3 is 1. The van der Waals surface area contributed by atoms with Gasteiger partial charge in [0, 0.05) is 29.3 Å². The summed E-state index contributed by atoms with van der Waals surface area (Å²) in [6, 6.07) is 29.7. The zero-order chi connectivity index (χ0) is 30.1. The number of nitro benzene ring substituents is 1. The monoisotopic (exact) mass is 591 g/mol. The van der Waals surface area contributed by atoms with E-state index in [0.717, 1.165) is 34.1 Å². The molecule has 0 saturated carbocycles. The Morgan fingerprint density at radius 2 is 1.65 bits per heavy atom. The number of benzene rings is 3. The van der Waals surface area contributed by atoms with Crippen LogP contribution in [0.2, 0.25) is 0 Å². The number of ether oxygens (including phenoxy) is 2. The molecule has 0 unspecified atom stereocenters. The largest absolute Gasteiger partial charge is 0.494 e. The third kappa shape index (κ3) is 5.28. The molecule has 1 aliphatic heterocycles. The Labute approximate surface area is 254 Å². The summed E-state index contributed by atoms with van der Waals surface area (Å²) in [5.41, 5.74) is 5.38. The van der Waals surface area contributed by atoms with Crippen molar-refractivity contribution in [3.05, 3.63) is 136 Å². The molecule has 2 aromatic heterocycles. The second-order valence-electron chi connectivity index (χ2n) is 10.2. The zero-order valence-electron chi connectivity index (χ0n) is 23.8. The lowest BCUT2D eigenvalue weighted by Crippen LogP contribution is -2.29. The highest BCUT2D eigenvalue weighted by Crippen LogP contribution is 2.44. The van der Waals surface area contributed by atoms with Gasteiger partial charge in [0.1, 0.15) is 17.2 Å². The first kappa shape index (κ1) is 27.9. The highest BCUT2D eigenvalue weighted by molar-refractivity contribution is 7.80. The zero-order valence-corrected chi connectivity index (χ0v) is 24.6. The molecule has 3 aromatic carbocycles. The van der Waals surface area contributed by atoms with E-state index in [1.807, 2.05) is 86.6 Å². The van der Waals surface area contributed by atoms with E-state index in [-0.39, 0.29) is 17.8 Å². The van der Waals surface area contributed by atoms with Gasteiger partial charge >= 0.3 is 0 Å². The standard InChI is InChI=1S/C33H29N5O4S/c1-21-19-27(22(2)36(21)29-17-14-24(38(39)40)20-30(29)41-3)32-31(28-11-7-8-18-34-28)35-33(43)37(32)23-12-15-26(16-13-23)42-25-9-5-4-6-10-25/h4-20,31-32H,1-3H3,(H,35,43)/t31-,32-/m0/s1. The molecule has 5 aromatic rings. The summed E-state index contributed by atoms with van der Waals surface area (Å²) in [5, 5.41) is 15.5. The lowest BCUT2D eigenvalue weighted by Gasteiger charge is -2.28. The van der Waals surface area contributed by atoms with Gasteiger partial charge in [-0.1, -0.05) is 24.3 Å². The van der Waals surface area contributed by atoms with E-state index in [1.54, 1.807) is 12.3 Å². The van der Waals surface area contributed by atoms with E-state index < -0.39 is 4.92 Å². The van der Waals surface area contributed by atoms with Crippen molar-refractivity contribution in [1.82, 2.24) is 14.9 Å². The molecule has 0 radical (unpaired) electrons. The number of nitrogens with zero attached hydrogens (tertiary/aromatic N) is 4. The van der Waals surface area contributed by atoms with Crippen molar-refractivity contribution < 1.29 is 14.4 Å². The average Bonchev–Trinajstić information content (AvgIpc) is 3.52. The molecule has 6 rings (SSSR count). The number of non-ortho nitro benzene ring substituents is 1. The normalized spacial score (nSPS) is 16.2. The minimum absolute atomic E-state index is 0.0327. The van der Waals surface area contributed by atoms with Crippen LogP contribution in [0.1, 0.15) is 34.7 Å². The van der Waals surface area contributed by atoms with Crippen molar-refractivity contribution >= 4 is 28.7 Å². The van der Waals surface area contributed by atoms with Gasteiger partial charge in [0.25, 0.3) is 5.69 Å². The van der Waals surface area contributed by atoms with Crippen LogP contribution in [-0.2, 0) is 0 Å². The summed E-state index contributed by atoms with van der Waals surface area (Å²) in [4.78, 5) is 17.8. The predicted octanol–water partition coefficient (Wildman–Crippen LogP) is 7.38. The van der Waals surface area contributed by atoms with E-state index in [2.05, 4.69) is 25.8 Å². The fourth-order valence-electron chi connectivity index (χ4n) is 5.67. The number of para-hydroxylation sites is 1. The molecule has 0 spiro atoms. The summed E-state index contributed by atoms with van der Waals surface area (Å²) in [7, 11) is 1.51. The van der Waals surface area contributed by atoms with Crippen LogP contribution in [0.15, 0.2) is 103 Å². The fraction of sp³-hybridized carbons (Fsp3) is 0.152. The molecule has 1 fully saturated rings. The molecule has 43 heavy (non-hydrogen) atoms. The summed E-state index contributed by atoms with van der Waals surface area (Å²) in [6.07, 6.45) is 1.78. The minimum atomic E-state index is -0.427. The Kier molecular flexibility index (Phi) is 7.52. The third-order valence-electron chi connectivity index (χ3n) is 7.60. The van der Waals surface area contributed by atoms with E-state index >= 15 is 0 Å². The van der Waals surface area contributed by atoms with Gasteiger partial charge in [0.05, 0.1) is 41.6 Å². The second kappa shape index (κ2) is 11.6. The van der Waals surface area contributed by atoms with Crippen LogP contribution in [0.25, 0.3) is 5.69 Å². The molecule has 1 N–H and O–H groups in total. The van der Waals surface area contributed by atoms with E-state index in [0.29, 0.717) is 22.3 Å². The molecular weight excluding hydrogens is 562 g/mol. The van der Waals surface area contributed by atoms with Crippen molar-refractivity contribution in [3.63, 3.8) is 0 Å². The van der Waals surface area contributed by atoms with Crippen molar-refractivity contribution in [3.8, 4) is 22.9 Å². The number of hydrogen-bond acceptors (Lipinski definition) is 6. The first-order valence-corrected chi connectivity index (χ1v) is 14.1. The number of pyridine rings is 1. The van der Waals surface area contributed by atoms with Gasteiger partial charge in [0.2, 0.25) is 0 Å². The van der Waals surface area contributed by atoms with Crippen LogP contribution < -0.4 is 19.7 Å². The molecule has 216 valence electrons. The molecule has 0 aliphatic carbocycles. The molecule has 0 bridgehead atoms. The van der Waals surface area contributed by atoms with Crippen molar-refractivity contribution in [2.45, 2.75) is 25.9 Å². The maximum absolute atomic E-state index is 11.4. The molecule has 1 aliphatic rings. The van der Waals surface area contributed by atoms with Gasteiger partial charge in [-0.2, -0.15) is 0 Å². The van der Waals surface area contributed by atoms with E-state index in [4.69, 9.17) is 21.7 Å². The first-order chi connectivity index (χ1) is 20.9. The maximum Gasteiger partial charge on any atom is 0.273 e. The van der Waals surface area contributed by atoms with Crippen LogP contribution in [0.5, 0.6) is 17.2 Å².